The molecule has 1 aromatic carbocycles. The van der Waals surface area contributed by atoms with Crippen molar-refractivity contribution >= 4 is 27.3 Å². The molecule has 154 valence electrons. The van der Waals surface area contributed by atoms with Crippen LogP contribution in [-0.2, 0) is 35.0 Å². The van der Waals surface area contributed by atoms with Gasteiger partial charge in [0.15, 0.2) is 11.7 Å². The van der Waals surface area contributed by atoms with Crippen LogP contribution in [0.4, 0.5) is 13.2 Å². The van der Waals surface area contributed by atoms with Crippen molar-refractivity contribution in [2.24, 2.45) is 4.99 Å². The first-order chi connectivity index (χ1) is 13.1. The Bertz CT molecular complexity index is 926. The highest BCUT2D eigenvalue weighted by atomic mass is 32.2. The number of hydrogen-bond donors (Lipinski definition) is 3. The first-order valence-corrected chi connectivity index (χ1v) is 10.6. The molecule has 1 heterocycles. The fraction of sp³-hybridized carbons (Fsp3) is 0.375. The summed E-state index contributed by atoms with van der Waals surface area (Å²) in [6, 6.07) is 7.05. The lowest BCUT2D eigenvalue weighted by Crippen LogP contribution is -2.36. The molecule has 1 aromatic heterocycles. The maximum Gasteiger partial charge on any atom is 0.434 e. The van der Waals surface area contributed by atoms with Gasteiger partial charge in [-0.25, -0.2) is 18.1 Å². The largest absolute Gasteiger partial charge is 0.434 e. The van der Waals surface area contributed by atoms with Crippen molar-refractivity contribution in [3.63, 3.8) is 0 Å². The third-order valence-corrected chi connectivity index (χ3v) is 5.78. The van der Waals surface area contributed by atoms with E-state index < -0.39 is 21.9 Å². The minimum atomic E-state index is -4.46. The first-order valence-electron chi connectivity index (χ1n) is 8.08. The lowest BCUT2D eigenvalue weighted by Gasteiger charge is -2.12. The average molecular weight is 435 g/mol. The van der Waals surface area contributed by atoms with Crippen LogP contribution in [0, 0.1) is 0 Å². The van der Waals surface area contributed by atoms with Gasteiger partial charge in [0.05, 0.1) is 12.3 Å². The maximum absolute atomic E-state index is 12.6. The van der Waals surface area contributed by atoms with Gasteiger partial charge in [0.1, 0.15) is 5.01 Å². The molecule has 0 saturated carbocycles. The Kier molecular flexibility index (Phi) is 7.38. The summed E-state index contributed by atoms with van der Waals surface area (Å²) >= 11 is 0.913. The highest BCUT2D eigenvalue weighted by Gasteiger charge is 2.33. The van der Waals surface area contributed by atoms with Crippen molar-refractivity contribution in [2.45, 2.75) is 25.0 Å². The molecule has 0 aliphatic carbocycles. The van der Waals surface area contributed by atoms with E-state index in [0.29, 0.717) is 18.1 Å². The van der Waals surface area contributed by atoms with Crippen LogP contribution in [0.25, 0.3) is 0 Å². The summed E-state index contributed by atoms with van der Waals surface area (Å²) in [7, 11) is -0.472. The third-order valence-electron chi connectivity index (χ3n) is 3.59. The van der Waals surface area contributed by atoms with Gasteiger partial charge in [-0.15, -0.1) is 11.3 Å². The number of aromatic nitrogens is 1. The van der Waals surface area contributed by atoms with E-state index in [0.717, 1.165) is 22.3 Å². The smallest absolute Gasteiger partial charge is 0.352 e. The summed E-state index contributed by atoms with van der Waals surface area (Å²) < 4.78 is 63.3. The fourth-order valence-corrected chi connectivity index (χ4v) is 3.71. The number of rotatable bonds is 7. The second-order valence-corrected chi connectivity index (χ2v) is 8.56. The van der Waals surface area contributed by atoms with Crippen molar-refractivity contribution in [1.82, 2.24) is 20.3 Å². The summed E-state index contributed by atoms with van der Waals surface area (Å²) in [5, 5.41) is 7.18. The highest BCUT2D eigenvalue weighted by Crippen LogP contribution is 2.29. The summed E-state index contributed by atoms with van der Waals surface area (Å²) in [4.78, 5) is 7.56. The van der Waals surface area contributed by atoms with Crippen molar-refractivity contribution < 1.29 is 21.6 Å². The SMILES string of the molecule is CN=C(NCc1cccc(CS(=O)(=O)NC)c1)NCc1nc(C(F)(F)F)cs1. The van der Waals surface area contributed by atoms with E-state index in [4.69, 9.17) is 0 Å². The van der Waals surface area contributed by atoms with Crippen molar-refractivity contribution in [3.8, 4) is 0 Å². The number of guanidine groups is 1. The fourth-order valence-electron chi connectivity index (χ4n) is 2.21. The van der Waals surface area contributed by atoms with Gasteiger partial charge in [0.2, 0.25) is 10.0 Å². The van der Waals surface area contributed by atoms with Crippen LogP contribution in [0.3, 0.4) is 0 Å². The maximum atomic E-state index is 12.6. The van der Waals surface area contributed by atoms with Crippen LogP contribution in [0.1, 0.15) is 21.8 Å². The molecule has 7 nitrogen and oxygen atoms in total. The molecule has 0 aliphatic rings. The van der Waals surface area contributed by atoms with Gasteiger partial charge in [-0.05, 0) is 18.2 Å². The van der Waals surface area contributed by atoms with E-state index in [-0.39, 0.29) is 17.3 Å². The zero-order valence-corrected chi connectivity index (χ0v) is 16.8. The normalized spacial score (nSPS) is 12.8. The van der Waals surface area contributed by atoms with Gasteiger partial charge in [-0.2, -0.15) is 13.2 Å². The number of hydrogen-bond acceptors (Lipinski definition) is 5. The topological polar surface area (TPSA) is 95.5 Å². The predicted octanol–water partition coefficient (Wildman–Crippen LogP) is 2.08. The van der Waals surface area contributed by atoms with Crippen molar-refractivity contribution in [1.29, 1.82) is 0 Å². The second-order valence-electron chi connectivity index (χ2n) is 5.69. The molecular formula is C16H20F3N5O2S2. The molecule has 2 rings (SSSR count). The van der Waals surface area contributed by atoms with Crippen molar-refractivity contribution in [3.05, 3.63) is 51.5 Å². The number of nitrogens with one attached hydrogen (secondary N) is 3. The molecular weight excluding hydrogens is 415 g/mol. The lowest BCUT2D eigenvalue weighted by atomic mass is 10.1. The number of sulfonamides is 1. The van der Waals surface area contributed by atoms with E-state index in [1.54, 1.807) is 18.2 Å². The van der Waals surface area contributed by atoms with Crippen LogP contribution in [0.2, 0.25) is 0 Å². The predicted molar refractivity (Wildman–Crippen MR) is 102 cm³/mol. The molecule has 0 unspecified atom stereocenters. The van der Waals surface area contributed by atoms with Crippen LogP contribution in [0.15, 0.2) is 34.6 Å². The van der Waals surface area contributed by atoms with Gasteiger partial charge < -0.3 is 10.6 Å². The number of aliphatic imine (C=N–C) groups is 1. The molecule has 0 radical (unpaired) electrons. The highest BCUT2D eigenvalue weighted by molar-refractivity contribution is 7.88. The molecule has 28 heavy (non-hydrogen) atoms. The first kappa shape index (κ1) is 22.1. The molecule has 0 fully saturated rings. The third kappa shape index (κ3) is 6.77. The molecule has 0 amide bonds. The number of nitrogens with zero attached hydrogens (tertiary/aromatic N) is 2. The van der Waals surface area contributed by atoms with E-state index in [1.807, 2.05) is 6.07 Å². The van der Waals surface area contributed by atoms with Crippen LogP contribution in [-0.4, -0.2) is 33.5 Å². The molecule has 2 aromatic rings. The molecule has 0 atom stereocenters. The van der Waals surface area contributed by atoms with E-state index in [1.165, 1.54) is 14.1 Å². The molecule has 0 spiro atoms. The molecule has 12 heteroatoms. The molecule has 0 aliphatic heterocycles. The Hall–Kier alpha value is -2.18. The average Bonchev–Trinajstić information content (AvgIpc) is 3.11. The quantitative estimate of drug-likeness (QED) is 0.457. The minimum Gasteiger partial charge on any atom is -0.352 e. The number of benzene rings is 1. The number of alkyl halides is 3. The Morgan fingerprint density at radius 1 is 1.21 bits per heavy atom. The van der Waals surface area contributed by atoms with Crippen molar-refractivity contribution in [2.75, 3.05) is 14.1 Å². The van der Waals surface area contributed by atoms with Gasteiger partial charge >= 0.3 is 6.18 Å². The Balaban J connectivity index is 1.91. The Morgan fingerprint density at radius 3 is 2.50 bits per heavy atom. The number of thiazole rings is 1. The monoisotopic (exact) mass is 435 g/mol. The summed E-state index contributed by atoms with van der Waals surface area (Å²) in [5.41, 5.74) is 0.560. The lowest BCUT2D eigenvalue weighted by molar-refractivity contribution is -0.140. The molecule has 3 N–H and O–H groups in total. The molecule has 0 saturated heterocycles. The minimum absolute atomic E-state index is 0.0981. The second kappa shape index (κ2) is 9.34. The summed E-state index contributed by atoms with van der Waals surface area (Å²) in [6.07, 6.45) is -4.46. The number of halogens is 3. The van der Waals surface area contributed by atoms with Gasteiger partial charge in [0, 0.05) is 19.0 Å². The summed E-state index contributed by atoms with van der Waals surface area (Å²) in [6.45, 7) is 0.458. The Labute approximate surface area is 165 Å². The van der Waals surface area contributed by atoms with Crippen LogP contribution in [0.5, 0.6) is 0 Å². The van der Waals surface area contributed by atoms with E-state index in [9.17, 15) is 21.6 Å². The van der Waals surface area contributed by atoms with Gasteiger partial charge in [-0.1, -0.05) is 24.3 Å². The van der Waals surface area contributed by atoms with Gasteiger partial charge in [-0.3, -0.25) is 4.99 Å². The van der Waals surface area contributed by atoms with Gasteiger partial charge in [0.25, 0.3) is 0 Å². The zero-order chi connectivity index (χ0) is 20.8. The van der Waals surface area contributed by atoms with Crippen LogP contribution >= 0.6 is 11.3 Å². The molecule has 0 bridgehead atoms. The van der Waals surface area contributed by atoms with E-state index >= 15 is 0 Å². The Morgan fingerprint density at radius 2 is 1.89 bits per heavy atom. The zero-order valence-electron chi connectivity index (χ0n) is 15.2. The standard InChI is InChI=1S/C16H20F3N5O2S2/c1-20-15(23-8-14-24-13(9-27-14)16(17,18)19)22-7-11-4-3-5-12(6-11)10-28(25,26)21-2/h3-6,9,21H,7-8,10H2,1-2H3,(H2,20,22,23). The summed E-state index contributed by atoms with van der Waals surface area (Å²) in [5.74, 6) is 0.257. The van der Waals surface area contributed by atoms with Crippen LogP contribution < -0.4 is 15.4 Å². The van der Waals surface area contributed by atoms with E-state index in [2.05, 4.69) is 25.3 Å².